The first-order chi connectivity index (χ1) is 15.1. The van der Waals surface area contributed by atoms with Crippen molar-refractivity contribution in [2.45, 2.75) is 69.6 Å². The normalized spacial score (nSPS) is 21.8. The number of esters is 1. The Hall–Kier alpha value is -1.62. The number of rotatable bonds is 9. The third kappa shape index (κ3) is 5.39. The van der Waals surface area contributed by atoms with Crippen LogP contribution in [0, 0.1) is 11.3 Å². The molecule has 3 unspecified atom stereocenters. The molecule has 1 heterocycles. The molecule has 2 rings (SSSR count). The summed E-state index contributed by atoms with van der Waals surface area (Å²) in [5, 5.41) is -0.861. The Labute approximate surface area is 202 Å². The summed E-state index contributed by atoms with van der Waals surface area (Å²) in [5.74, 6) is -1.78. The molecule has 0 radical (unpaired) electrons. The molecule has 1 saturated heterocycles. The van der Waals surface area contributed by atoms with Crippen molar-refractivity contribution in [3.05, 3.63) is 42.5 Å². The highest BCUT2D eigenvalue weighted by atomic mass is 33.1. The largest absolute Gasteiger partial charge is 0.467 e. The zero-order valence-corrected chi connectivity index (χ0v) is 23.4. The van der Waals surface area contributed by atoms with Gasteiger partial charge in [0.1, 0.15) is 5.37 Å². The zero-order valence-electron chi connectivity index (χ0n) is 20.6. The van der Waals surface area contributed by atoms with Gasteiger partial charge in [0, 0.05) is 0 Å². The number of β-lactam (4-membered cyclic amide) rings is 1. The molecular weight excluding hydrogens is 478 g/mol. The highest BCUT2D eigenvalue weighted by Crippen LogP contribution is 2.53. The van der Waals surface area contributed by atoms with Crippen LogP contribution in [0.5, 0.6) is 0 Å². The van der Waals surface area contributed by atoms with Gasteiger partial charge < -0.3 is 14.1 Å². The van der Waals surface area contributed by atoms with Crippen molar-refractivity contribution in [2.75, 3.05) is 7.11 Å². The van der Waals surface area contributed by atoms with E-state index >= 15 is 0 Å². The predicted molar refractivity (Wildman–Crippen MR) is 134 cm³/mol. The number of hydrogen-bond acceptors (Lipinski definition) is 7. The minimum Gasteiger partial charge on any atom is -0.467 e. The second-order valence-electron chi connectivity index (χ2n) is 9.77. The van der Waals surface area contributed by atoms with Crippen molar-refractivity contribution < 1.29 is 27.2 Å². The Morgan fingerprint density at radius 3 is 2.15 bits per heavy atom. The van der Waals surface area contributed by atoms with Crippen molar-refractivity contribution in [1.82, 2.24) is 4.90 Å². The van der Waals surface area contributed by atoms with Crippen molar-refractivity contribution in [1.29, 1.82) is 0 Å². The average molecular weight is 514 g/mol. The first kappa shape index (κ1) is 27.6. The van der Waals surface area contributed by atoms with Crippen molar-refractivity contribution in [3.8, 4) is 0 Å². The van der Waals surface area contributed by atoms with Crippen LogP contribution in [-0.2, 0) is 27.6 Å². The van der Waals surface area contributed by atoms with E-state index in [9.17, 15) is 18.0 Å². The lowest BCUT2D eigenvalue weighted by Crippen LogP contribution is -2.73. The molecule has 33 heavy (non-hydrogen) atoms. The first-order valence-electron chi connectivity index (χ1n) is 10.8. The van der Waals surface area contributed by atoms with Gasteiger partial charge in [-0.1, -0.05) is 45.5 Å². The highest BCUT2D eigenvalue weighted by molar-refractivity contribution is 8.72. The van der Waals surface area contributed by atoms with E-state index in [0.29, 0.717) is 16.4 Å². The molecular formula is C23H35NO6S2Si. The summed E-state index contributed by atoms with van der Waals surface area (Å²) >= 11 is 0. The Balaban J connectivity index is 2.63. The number of methoxy groups -OCH3 is 1. The summed E-state index contributed by atoms with van der Waals surface area (Å²) < 4.78 is 38.0. The van der Waals surface area contributed by atoms with Crippen LogP contribution in [0.1, 0.15) is 34.6 Å². The van der Waals surface area contributed by atoms with E-state index in [0.717, 1.165) is 0 Å². The van der Waals surface area contributed by atoms with Gasteiger partial charge in [-0.2, -0.15) is 0 Å². The Kier molecular flexibility index (Phi) is 8.31. The number of nitrogens with zero attached hydrogens (tertiary/aromatic N) is 1. The lowest BCUT2D eigenvalue weighted by atomic mass is 9.66. The van der Waals surface area contributed by atoms with Gasteiger partial charge in [0.25, 0.3) is 0 Å². The summed E-state index contributed by atoms with van der Waals surface area (Å²) in [6.07, 6.45) is 0. The Morgan fingerprint density at radius 2 is 1.73 bits per heavy atom. The van der Waals surface area contributed by atoms with E-state index in [2.05, 4.69) is 6.58 Å². The lowest BCUT2D eigenvalue weighted by Gasteiger charge is -2.59. The second kappa shape index (κ2) is 9.93. The van der Waals surface area contributed by atoms with Crippen LogP contribution in [0.2, 0.25) is 13.1 Å². The number of carbonyl (C=O) groups is 2. The molecule has 0 N–H and O–H groups in total. The standard InChI is InChI=1S/C23H35NO6S2Si/c1-15(2)18(21(26)29-7)24-19(25)17(23(6,22(3,4)5)30-33(8)9)20(24)31-32(27,28)16-13-11-10-12-14-16/h10-14,17-18,20,33H,1H2,2-9H3/t17?,18?,20?,23-/m0/s1. The monoisotopic (exact) mass is 513 g/mol. The fraction of sp³-hybridized carbons (Fsp3) is 0.565. The molecule has 0 aliphatic carbocycles. The van der Waals surface area contributed by atoms with Crippen molar-refractivity contribution in [2.24, 2.45) is 11.3 Å². The van der Waals surface area contributed by atoms with Gasteiger partial charge in [0.05, 0.1) is 23.5 Å². The quantitative estimate of drug-likeness (QED) is 0.163. The van der Waals surface area contributed by atoms with Gasteiger partial charge >= 0.3 is 5.97 Å². The smallest absolute Gasteiger partial charge is 0.332 e. The fourth-order valence-corrected chi connectivity index (χ4v) is 9.22. The van der Waals surface area contributed by atoms with Crippen LogP contribution in [0.15, 0.2) is 47.4 Å². The minimum absolute atomic E-state index is 0.134. The summed E-state index contributed by atoms with van der Waals surface area (Å²) in [7, 11) is -3.57. The molecule has 1 aromatic rings. The Bertz CT molecular complexity index is 1010. The van der Waals surface area contributed by atoms with Crippen LogP contribution in [0.4, 0.5) is 0 Å². The lowest BCUT2D eigenvalue weighted by molar-refractivity contribution is -0.184. The van der Waals surface area contributed by atoms with E-state index in [4.69, 9.17) is 9.16 Å². The number of likely N-dealkylation sites (tertiary alicyclic amines) is 1. The number of amides is 1. The molecule has 0 saturated carbocycles. The minimum atomic E-state index is -3.84. The predicted octanol–water partition coefficient (Wildman–Crippen LogP) is 3.82. The third-order valence-electron chi connectivity index (χ3n) is 6.07. The van der Waals surface area contributed by atoms with Crippen molar-refractivity contribution >= 4 is 40.6 Å². The maximum atomic E-state index is 13.6. The molecule has 0 aromatic heterocycles. The van der Waals surface area contributed by atoms with E-state index in [-0.39, 0.29) is 10.8 Å². The molecule has 1 fully saturated rings. The summed E-state index contributed by atoms with van der Waals surface area (Å²) in [6, 6.07) is 6.97. The molecule has 1 aliphatic rings. The van der Waals surface area contributed by atoms with E-state index in [1.54, 1.807) is 25.1 Å². The second-order valence-corrected chi connectivity index (χ2v) is 16.1. The molecule has 0 spiro atoms. The van der Waals surface area contributed by atoms with Gasteiger partial charge in [-0.05, 0) is 60.9 Å². The molecule has 7 nitrogen and oxygen atoms in total. The molecule has 0 bridgehead atoms. The van der Waals surface area contributed by atoms with E-state index in [1.165, 1.54) is 24.1 Å². The number of benzene rings is 1. The van der Waals surface area contributed by atoms with Gasteiger partial charge in [-0.3, -0.25) is 4.79 Å². The van der Waals surface area contributed by atoms with E-state index < -0.39 is 52.2 Å². The molecule has 10 heteroatoms. The SMILES string of the molecule is C=C(C)C(C(=O)OC)N1C(=O)C([C@](C)(O[SiH](C)C)C(C)(C)C)C1SS(=O)(=O)c1ccccc1. The van der Waals surface area contributed by atoms with Crippen molar-refractivity contribution in [3.63, 3.8) is 0 Å². The summed E-state index contributed by atoms with van der Waals surface area (Å²) in [6.45, 7) is 17.3. The Morgan fingerprint density at radius 1 is 1.18 bits per heavy atom. The van der Waals surface area contributed by atoms with Gasteiger partial charge in [0.2, 0.25) is 14.8 Å². The van der Waals surface area contributed by atoms with Crippen LogP contribution in [0.3, 0.4) is 0 Å². The zero-order chi connectivity index (χ0) is 25.4. The third-order valence-corrected chi connectivity index (χ3v) is 10.8. The van der Waals surface area contributed by atoms with Crippen LogP contribution in [-0.4, -0.2) is 58.4 Å². The van der Waals surface area contributed by atoms with Crippen LogP contribution in [0.25, 0.3) is 0 Å². The molecule has 1 aromatic carbocycles. The number of carbonyl (C=O) groups excluding carboxylic acids is 2. The summed E-state index contributed by atoms with van der Waals surface area (Å²) in [4.78, 5) is 27.7. The van der Waals surface area contributed by atoms with Gasteiger partial charge in [0.15, 0.2) is 15.1 Å². The van der Waals surface area contributed by atoms with Gasteiger partial charge in [-0.15, -0.1) is 0 Å². The fourth-order valence-electron chi connectivity index (χ4n) is 4.01. The van der Waals surface area contributed by atoms with Crippen LogP contribution >= 0.6 is 10.8 Å². The average Bonchev–Trinajstić information content (AvgIpc) is 2.69. The number of ether oxygens (including phenoxy) is 1. The molecule has 1 amide bonds. The summed E-state index contributed by atoms with van der Waals surface area (Å²) in [5.41, 5.74) is -1.02. The maximum Gasteiger partial charge on any atom is 0.332 e. The molecule has 184 valence electrons. The topological polar surface area (TPSA) is 90.0 Å². The molecule has 1 aliphatic heterocycles. The number of hydrogen-bond donors (Lipinski definition) is 0. The van der Waals surface area contributed by atoms with Crippen LogP contribution < -0.4 is 0 Å². The van der Waals surface area contributed by atoms with E-state index in [1.807, 2.05) is 40.8 Å². The van der Waals surface area contributed by atoms with Gasteiger partial charge in [-0.25, -0.2) is 13.2 Å². The maximum absolute atomic E-state index is 13.6. The first-order valence-corrected chi connectivity index (χ1v) is 16.5. The molecule has 4 atom stereocenters. The highest BCUT2D eigenvalue weighted by Gasteiger charge is 2.64.